The summed E-state index contributed by atoms with van der Waals surface area (Å²) in [5.41, 5.74) is -0.0687. The molecular formula is C10H17N5O. The Balaban J connectivity index is 1.94. The van der Waals surface area contributed by atoms with Gasteiger partial charge in [-0.15, -0.1) is 5.10 Å². The van der Waals surface area contributed by atoms with Crippen LogP contribution in [-0.4, -0.2) is 39.0 Å². The third kappa shape index (κ3) is 1.44. The van der Waals surface area contributed by atoms with Crippen LogP contribution in [0.3, 0.4) is 0 Å². The molecule has 6 nitrogen and oxygen atoms in total. The fraction of sp³-hybridized carbons (Fsp3) is 0.900. The second-order valence-corrected chi connectivity index (χ2v) is 4.67. The Hall–Kier alpha value is -1.01. The Labute approximate surface area is 94.4 Å². The lowest BCUT2D eigenvalue weighted by Crippen LogP contribution is -2.51. The first-order chi connectivity index (χ1) is 7.82. The summed E-state index contributed by atoms with van der Waals surface area (Å²) < 4.78 is 7.79. The van der Waals surface area contributed by atoms with Crippen molar-refractivity contribution in [2.75, 3.05) is 13.2 Å². The van der Waals surface area contributed by atoms with Crippen LogP contribution in [0.1, 0.15) is 37.5 Å². The topological polar surface area (TPSA) is 64.9 Å². The van der Waals surface area contributed by atoms with Gasteiger partial charge in [-0.05, 0) is 23.3 Å². The van der Waals surface area contributed by atoms with E-state index in [1.165, 1.54) is 12.8 Å². The van der Waals surface area contributed by atoms with Crippen molar-refractivity contribution < 1.29 is 4.74 Å². The fourth-order valence-electron chi connectivity index (χ4n) is 2.94. The van der Waals surface area contributed by atoms with Crippen molar-refractivity contribution in [1.82, 2.24) is 25.5 Å². The number of aromatic nitrogens is 4. The number of ether oxygens (including phenoxy) is 1. The van der Waals surface area contributed by atoms with Gasteiger partial charge in [0.2, 0.25) is 0 Å². The normalized spacial score (nSPS) is 28.7. The van der Waals surface area contributed by atoms with Crippen LogP contribution in [-0.2, 0) is 11.8 Å². The maximum atomic E-state index is 6.05. The highest BCUT2D eigenvalue weighted by Crippen LogP contribution is 2.43. The van der Waals surface area contributed by atoms with Crippen molar-refractivity contribution in [3.63, 3.8) is 0 Å². The summed E-state index contributed by atoms with van der Waals surface area (Å²) in [6.07, 6.45) is 4.70. The molecule has 1 saturated heterocycles. The van der Waals surface area contributed by atoms with Gasteiger partial charge in [-0.3, -0.25) is 0 Å². The third-order valence-electron chi connectivity index (χ3n) is 3.73. The maximum Gasteiger partial charge on any atom is 0.170 e. The second kappa shape index (κ2) is 3.78. The molecule has 1 unspecified atom stereocenters. The summed E-state index contributed by atoms with van der Waals surface area (Å²) in [5, 5.41) is 15.2. The summed E-state index contributed by atoms with van der Waals surface area (Å²) in [6.45, 7) is 1.67. The molecule has 0 bridgehead atoms. The van der Waals surface area contributed by atoms with E-state index in [0.717, 1.165) is 31.8 Å². The average molecular weight is 223 g/mol. The highest BCUT2D eigenvalue weighted by atomic mass is 16.5. The molecule has 1 aliphatic heterocycles. The molecule has 0 aromatic carbocycles. The van der Waals surface area contributed by atoms with E-state index in [2.05, 4.69) is 20.8 Å². The molecular weight excluding hydrogens is 206 g/mol. The molecule has 0 radical (unpaired) electrons. The minimum atomic E-state index is -0.0687. The highest BCUT2D eigenvalue weighted by Gasteiger charge is 2.47. The SMILES string of the molecule is Cn1nnnc1C1NCCOC12CCCC2. The van der Waals surface area contributed by atoms with Gasteiger partial charge in [-0.1, -0.05) is 12.8 Å². The van der Waals surface area contributed by atoms with Crippen LogP contribution in [0.2, 0.25) is 0 Å². The number of nitrogens with one attached hydrogen (secondary N) is 1. The van der Waals surface area contributed by atoms with Gasteiger partial charge in [0, 0.05) is 13.6 Å². The second-order valence-electron chi connectivity index (χ2n) is 4.67. The van der Waals surface area contributed by atoms with E-state index in [9.17, 15) is 0 Å². The van der Waals surface area contributed by atoms with Crippen molar-refractivity contribution in [1.29, 1.82) is 0 Å². The van der Waals surface area contributed by atoms with Crippen molar-refractivity contribution in [3.05, 3.63) is 5.82 Å². The van der Waals surface area contributed by atoms with Gasteiger partial charge in [-0.2, -0.15) is 0 Å². The molecule has 2 fully saturated rings. The number of morpholine rings is 1. The Morgan fingerprint density at radius 2 is 2.25 bits per heavy atom. The van der Waals surface area contributed by atoms with Crippen molar-refractivity contribution in [2.24, 2.45) is 7.05 Å². The van der Waals surface area contributed by atoms with E-state index in [-0.39, 0.29) is 11.6 Å². The van der Waals surface area contributed by atoms with E-state index < -0.39 is 0 Å². The Kier molecular flexibility index (Phi) is 2.40. The number of nitrogens with zero attached hydrogens (tertiary/aromatic N) is 4. The minimum Gasteiger partial charge on any atom is -0.372 e. The Morgan fingerprint density at radius 3 is 2.94 bits per heavy atom. The molecule has 2 aliphatic rings. The summed E-state index contributed by atoms with van der Waals surface area (Å²) in [5.74, 6) is 0.890. The van der Waals surface area contributed by atoms with E-state index in [4.69, 9.17) is 4.74 Å². The minimum absolute atomic E-state index is 0.0687. The first-order valence-corrected chi connectivity index (χ1v) is 5.91. The summed E-state index contributed by atoms with van der Waals surface area (Å²) in [7, 11) is 1.88. The molecule has 1 saturated carbocycles. The van der Waals surface area contributed by atoms with Gasteiger partial charge in [0.1, 0.15) is 0 Å². The largest absolute Gasteiger partial charge is 0.372 e. The quantitative estimate of drug-likeness (QED) is 0.736. The van der Waals surface area contributed by atoms with Gasteiger partial charge in [0.25, 0.3) is 0 Å². The molecule has 2 heterocycles. The zero-order valence-corrected chi connectivity index (χ0v) is 9.52. The van der Waals surface area contributed by atoms with Crippen molar-refractivity contribution >= 4 is 0 Å². The molecule has 3 rings (SSSR count). The molecule has 1 aromatic heterocycles. The first-order valence-electron chi connectivity index (χ1n) is 5.91. The molecule has 0 amide bonds. The fourth-order valence-corrected chi connectivity index (χ4v) is 2.94. The molecule has 1 atom stereocenters. The number of tetrazole rings is 1. The van der Waals surface area contributed by atoms with Crippen LogP contribution < -0.4 is 5.32 Å². The van der Waals surface area contributed by atoms with Crippen LogP contribution in [0.5, 0.6) is 0 Å². The van der Waals surface area contributed by atoms with Crippen LogP contribution in [0.15, 0.2) is 0 Å². The molecule has 88 valence electrons. The monoisotopic (exact) mass is 223 g/mol. The van der Waals surface area contributed by atoms with E-state index in [1.807, 2.05) is 7.05 Å². The van der Waals surface area contributed by atoms with E-state index in [0.29, 0.717) is 0 Å². The third-order valence-corrected chi connectivity index (χ3v) is 3.73. The lowest BCUT2D eigenvalue weighted by Gasteiger charge is -2.41. The first kappa shape index (κ1) is 10.2. The zero-order valence-electron chi connectivity index (χ0n) is 9.52. The number of hydrogen-bond acceptors (Lipinski definition) is 5. The molecule has 1 N–H and O–H groups in total. The van der Waals surface area contributed by atoms with Gasteiger partial charge in [-0.25, -0.2) is 4.68 Å². The lowest BCUT2D eigenvalue weighted by atomic mass is 9.90. The average Bonchev–Trinajstić information content (AvgIpc) is 2.90. The highest BCUT2D eigenvalue weighted by molar-refractivity contribution is 5.08. The van der Waals surface area contributed by atoms with Gasteiger partial charge in [0.15, 0.2) is 5.82 Å². The van der Waals surface area contributed by atoms with Crippen LogP contribution in [0, 0.1) is 0 Å². The van der Waals surface area contributed by atoms with Crippen LogP contribution >= 0.6 is 0 Å². The molecule has 1 aliphatic carbocycles. The van der Waals surface area contributed by atoms with Crippen molar-refractivity contribution in [2.45, 2.75) is 37.3 Å². The Morgan fingerprint density at radius 1 is 1.44 bits per heavy atom. The number of aryl methyl sites for hydroxylation is 1. The summed E-state index contributed by atoms with van der Waals surface area (Å²) in [6, 6.07) is 0.142. The number of rotatable bonds is 1. The predicted octanol–water partition coefficient (Wildman–Crippen LogP) is 0.184. The number of hydrogen-bond donors (Lipinski definition) is 1. The smallest absolute Gasteiger partial charge is 0.170 e. The molecule has 1 spiro atoms. The maximum absolute atomic E-state index is 6.05. The van der Waals surface area contributed by atoms with E-state index in [1.54, 1.807) is 4.68 Å². The molecule has 1 aromatic rings. The summed E-state index contributed by atoms with van der Waals surface area (Å²) in [4.78, 5) is 0. The van der Waals surface area contributed by atoms with Gasteiger partial charge >= 0.3 is 0 Å². The van der Waals surface area contributed by atoms with Crippen molar-refractivity contribution in [3.8, 4) is 0 Å². The predicted molar refractivity (Wildman–Crippen MR) is 56.7 cm³/mol. The van der Waals surface area contributed by atoms with Crippen LogP contribution in [0.25, 0.3) is 0 Å². The molecule has 6 heteroatoms. The summed E-state index contributed by atoms with van der Waals surface area (Å²) >= 11 is 0. The van der Waals surface area contributed by atoms with E-state index >= 15 is 0 Å². The lowest BCUT2D eigenvalue weighted by molar-refractivity contribution is -0.0963. The Bertz CT molecular complexity index is 371. The van der Waals surface area contributed by atoms with Gasteiger partial charge in [0.05, 0.1) is 18.2 Å². The zero-order chi connectivity index (χ0) is 11.0. The van der Waals surface area contributed by atoms with Gasteiger partial charge < -0.3 is 10.1 Å². The van der Waals surface area contributed by atoms with Crippen LogP contribution in [0.4, 0.5) is 0 Å². The standard InChI is InChI=1S/C10H17N5O/c1-15-9(12-13-14-15)8-10(4-2-3-5-10)16-7-6-11-8/h8,11H,2-7H2,1H3. The molecule has 16 heavy (non-hydrogen) atoms.